The summed E-state index contributed by atoms with van der Waals surface area (Å²) in [6.45, 7) is 2.64. The number of benzene rings is 2. The van der Waals surface area contributed by atoms with Crippen LogP contribution in [0.15, 0.2) is 54.6 Å². The maximum atomic E-state index is 12.7. The van der Waals surface area contributed by atoms with Gasteiger partial charge in [-0.2, -0.15) is 0 Å². The summed E-state index contributed by atoms with van der Waals surface area (Å²) in [5, 5.41) is 6.57. The minimum Gasteiger partial charge on any atom is -0.496 e. The van der Waals surface area contributed by atoms with E-state index in [0.717, 1.165) is 55.2 Å². The molecular weight excluding hydrogens is 338 g/mol. The number of rotatable bonds is 4. The van der Waals surface area contributed by atoms with Crippen molar-refractivity contribution in [2.24, 2.45) is 0 Å². The monoisotopic (exact) mass is 363 g/mol. The van der Waals surface area contributed by atoms with E-state index in [0.29, 0.717) is 0 Å². The molecule has 2 aliphatic rings. The van der Waals surface area contributed by atoms with Gasteiger partial charge in [0.05, 0.1) is 18.5 Å². The van der Waals surface area contributed by atoms with Gasteiger partial charge in [-0.3, -0.25) is 9.69 Å². The van der Waals surface area contributed by atoms with E-state index in [1.807, 2.05) is 48.5 Å². The summed E-state index contributed by atoms with van der Waals surface area (Å²) in [5.41, 5.74) is 2.48. The third-order valence-corrected chi connectivity index (χ3v) is 5.49. The molecule has 0 atom stereocenters. The lowest BCUT2D eigenvalue weighted by Crippen LogP contribution is -2.58. The van der Waals surface area contributed by atoms with Crippen LogP contribution in [0.4, 0.5) is 11.4 Å². The molecule has 5 nitrogen and oxygen atoms in total. The Bertz CT molecular complexity index is 854. The molecule has 27 heavy (non-hydrogen) atoms. The first kappa shape index (κ1) is 17.6. The minimum atomic E-state index is -0.489. The lowest BCUT2D eigenvalue weighted by atomic mass is 9.84. The van der Waals surface area contributed by atoms with Crippen molar-refractivity contribution >= 4 is 23.4 Å². The Labute approximate surface area is 160 Å². The topological polar surface area (TPSA) is 53.6 Å². The fourth-order valence-electron chi connectivity index (χ4n) is 3.86. The number of nitrogens with one attached hydrogen (secondary N) is 2. The van der Waals surface area contributed by atoms with E-state index in [1.165, 1.54) is 0 Å². The number of methoxy groups -OCH3 is 1. The third-order valence-electron chi connectivity index (χ3n) is 5.49. The van der Waals surface area contributed by atoms with Gasteiger partial charge in [-0.05, 0) is 31.0 Å². The smallest absolute Gasteiger partial charge is 0.250 e. The number of likely N-dealkylation sites (tertiary alicyclic amines) is 1. The van der Waals surface area contributed by atoms with E-state index in [4.69, 9.17) is 4.74 Å². The number of hydrogen-bond donors (Lipinski definition) is 2. The van der Waals surface area contributed by atoms with Crippen LogP contribution in [0.5, 0.6) is 5.75 Å². The summed E-state index contributed by atoms with van der Waals surface area (Å²) in [6, 6.07) is 15.9. The van der Waals surface area contributed by atoms with Crippen molar-refractivity contribution in [2.45, 2.75) is 18.4 Å². The van der Waals surface area contributed by atoms with Crippen LogP contribution < -0.4 is 15.4 Å². The molecule has 0 saturated carbocycles. The lowest BCUT2D eigenvalue weighted by Gasteiger charge is -2.44. The van der Waals surface area contributed by atoms with Gasteiger partial charge in [0.15, 0.2) is 0 Å². The summed E-state index contributed by atoms with van der Waals surface area (Å²) < 4.78 is 5.39. The van der Waals surface area contributed by atoms with Gasteiger partial charge < -0.3 is 15.4 Å². The maximum Gasteiger partial charge on any atom is 0.250 e. The number of amides is 1. The highest BCUT2D eigenvalue weighted by atomic mass is 16.5. The Hall–Kier alpha value is -2.79. The van der Waals surface area contributed by atoms with Crippen LogP contribution in [0, 0.1) is 0 Å². The number of fused-ring (bicyclic) bond motifs is 1. The molecule has 0 aromatic heterocycles. The van der Waals surface area contributed by atoms with Crippen LogP contribution in [0.1, 0.15) is 18.4 Å². The number of hydrogen-bond acceptors (Lipinski definition) is 4. The number of anilines is 2. The molecule has 4 rings (SSSR count). The van der Waals surface area contributed by atoms with Crippen molar-refractivity contribution in [1.82, 2.24) is 4.90 Å². The summed E-state index contributed by atoms with van der Waals surface area (Å²) >= 11 is 0. The zero-order valence-corrected chi connectivity index (χ0v) is 15.6. The van der Waals surface area contributed by atoms with E-state index < -0.39 is 5.54 Å². The zero-order chi connectivity index (χ0) is 18.7. The predicted octanol–water partition coefficient (Wildman–Crippen LogP) is 3.61. The molecule has 0 bridgehead atoms. The average Bonchev–Trinajstić information content (AvgIpc) is 2.71. The van der Waals surface area contributed by atoms with Crippen molar-refractivity contribution in [3.05, 3.63) is 60.2 Å². The molecule has 0 aliphatic carbocycles. The average molecular weight is 363 g/mol. The minimum absolute atomic E-state index is 0.0883. The van der Waals surface area contributed by atoms with Gasteiger partial charge in [0, 0.05) is 25.2 Å². The van der Waals surface area contributed by atoms with E-state index in [2.05, 4.69) is 27.7 Å². The quantitative estimate of drug-likeness (QED) is 0.871. The van der Waals surface area contributed by atoms with Crippen LogP contribution in [0.2, 0.25) is 0 Å². The van der Waals surface area contributed by atoms with Crippen molar-refractivity contribution < 1.29 is 9.53 Å². The van der Waals surface area contributed by atoms with Crippen molar-refractivity contribution in [3.63, 3.8) is 0 Å². The van der Waals surface area contributed by atoms with Crippen LogP contribution in [-0.4, -0.2) is 43.1 Å². The first-order chi connectivity index (χ1) is 13.2. The zero-order valence-electron chi connectivity index (χ0n) is 15.6. The number of ether oxygens (including phenoxy) is 1. The molecule has 1 fully saturated rings. The van der Waals surface area contributed by atoms with Gasteiger partial charge in [-0.15, -0.1) is 0 Å². The van der Waals surface area contributed by atoms with Crippen molar-refractivity contribution in [1.29, 1.82) is 0 Å². The Kier molecular flexibility index (Phi) is 4.86. The molecule has 0 unspecified atom stereocenters. The highest BCUT2D eigenvalue weighted by molar-refractivity contribution is 6.06. The molecule has 2 aromatic carbocycles. The number of carbonyl (C=O) groups is 1. The summed E-state index contributed by atoms with van der Waals surface area (Å²) in [7, 11) is 1.69. The number of carbonyl (C=O) groups excluding carboxylic acids is 1. The number of nitrogens with zero attached hydrogens (tertiary/aromatic N) is 1. The molecular formula is C22H25N3O2. The highest BCUT2D eigenvalue weighted by Gasteiger charge is 2.43. The van der Waals surface area contributed by atoms with Crippen LogP contribution in [0.3, 0.4) is 0 Å². The molecule has 1 spiro atoms. The second kappa shape index (κ2) is 7.45. The van der Waals surface area contributed by atoms with E-state index >= 15 is 0 Å². The normalized spacial score (nSPS) is 18.8. The lowest BCUT2D eigenvalue weighted by molar-refractivity contribution is -0.122. The number of piperidine rings is 1. The second-order valence-electron chi connectivity index (χ2n) is 7.15. The summed E-state index contributed by atoms with van der Waals surface area (Å²) in [4.78, 5) is 15.1. The Morgan fingerprint density at radius 1 is 1.07 bits per heavy atom. The fraction of sp³-hybridized carbons (Fsp3) is 0.318. The van der Waals surface area contributed by atoms with Gasteiger partial charge in [0.1, 0.15) is 11.3 Å². The van der Waals surface area contributed by atoms with Crippen LogP contribution in [-0.2, 0) is 4.79 Å². The molecule has 1 amide bonds. The second-order valence-corrected chi connectivity index (χ2v) is 7.15. The summed E-state index contributed by atoms with van der Waals surface area (Å²) in [5.74, 6) is 0.971. The third kappa shape index (κ3) is 3.55. The molecule has 5 heteroatoms. The Morgan fingerprint density at radius 2 is 1.78 bits per heavy atom. The Balaban J connectivity index is 1.37. The van der Waals surface area contributed by atoms with Crippen molar-refractivity contribution in [2.75, 3.05) is 37.4 Å². The Morgan fingerprint density at radius 3 is 2.56 bits per heavy atom. The maximum absolute atomic E-state index is 12.7. The van der Waals surface area contributed by atoms with Crippen LogP contribution in [0.25, 0.3) is 6.08 Å². The van der Waals surface area contributed by atoms with Gasteiger partial charge in [0.25, 0.3) is 0 Å². The summed E-state index contributed by atoms with van der Waals surface area (Å²) in [6.07, 6.45) is 5.87. The molecule has 140 valence electrons. The van der Waals surface area contributed by atoms with E-state index in [-0.39, 0.29) is 5.91 Å². The largest absolute Gasteiger partial charge is 0.496 e. The van der Waals surface area contributed by atoms with Gasteiger partial charge in [-0.1, -0.05) is 42.5 Å². The fourth-order valence-corrected chi connectivity index (χ4v) is 3.86. The predicted molar refractivity (Wildman–Crippen MR) is 109 cm³/mol. The van der Waals surface area contributed by atoms with Gasteiger partial charge in [0.2, 0.25) is 5.91 Å². The van der Waals surface area contributed by atoms with Crippen molar-refractivity contribution in [3.8, 4) is 5.75 Å². The van der Waals surface area contributed by atoms with Gasteiger partial charge >= 0.3 is 0 Å². The number of para-hydroxylation sites is 3. The van der Waals surface area contributed by atoms with E-state index in [1.54, 1.807) is 7.11 Å². The molecule has 2 aromatic rings. The molecule has 2 N–H and O–H groups in total. The van der Waals surface area contributed by atoms with Gasteiger partial charge in [-0.25, -0.2) is 0 Å². The van der Waals surface area contributed by atoms with Crippen LogP contribution >= 0.6 is 0 Å². The molecule has 2 aliphatic heterocycles. The molecule has 0 radical (unpaired) electrons. The first-order valence-corrected chi connectivity index (χ1v) is 9.41. The van der Waals surface area contributed by atoms with E-state index in [9.17, 15) is 4.79 Å². The molecule has 2 heterocycles. The SMILES string of the molecule is COc1ccccc1C=CCN1CCC2(CC1)Nc1ccccc1NC2=O. The molecule has 1 saturated heterocycles. The highest BCUT2D eigenvalue weighted by Crippen LogP contribution is 2.36. The standard InChI is InChI=1S/C22H25N3O2/c1-27-20-11-5-2-7-17(20)8-6-14-25-15-12-22(13-16-25)21(26)23-18-9-3-4-10-19(18)24-22/h2-11,24H,12-16H2,1H3,(H,23,26). The first-order valence-electron chi connectivity index (χ1n) is 9.41.